The standard InChI is InChI=1S/C19H18F6N2O/c1-26(2)15-7-5-11(9-13(15)18(20,21)22)17(28)12-6-8-16(27(3)4)14(10-12)19(23,24)25/h5-10H,1-4H3. The molecule has 0 bridgehead atoms. The first-order chi connectivity index (χ1) is 12.7. The van der Waals surface area contributed by atoms with E-state index in [0.717, 1.165) is 12.1 Å². The molecule has 0 unspecified atom stereocenters. The van der Waals surface area contributed by atoms with Gasteiger partial charge in [-0.15, -0.1) is 0 Å². The van der Waals surface area contributed by atoms with Crippen molar-refractivity contribution in [3.63, 3.8) is 0 Å². The lowest BCUT2D eigenvalue weighted by atomic mass is 9.97. The van der Waals surface area contributed by atoms with Gasteiger partial charge in [0.05, 0.1) is 11.1 Å². The van der Waals surface area contributed by atoms with E-state index in [4.69, 9.17) is 0 Å². The first-order valence-electron chi connectivity index (χ1n) is 8.05. The highest BCUT2D eigenvalue weighted by Gasteiger charge is 2.36. The fourth-order valence-electron chi connectivity index (χ4n) is 2.76. The van der Waals surface area contributed by atoms with Crippen LogP contribution in [0.15, 0.2) is 36.4 Å². The number of halogens is 6. The van der Waals surface area contributed by atoms with Crippen molar-refractivity contribution in [2.24, 2.45) is 0 Å². The van der Waals surface area contributed by atoms with Gasteiger partial charge in [0.25, 0.3) is 0 Å². The molecule has 0 amide bonds. The molecule has 0 heterocycles. The maximum Gasteiger partial charge on any atom is 0.418 e. The van der Waals surface area contributed by atoms with Gasteiger partial charge >= 0.3 is 12.4 Å². The third-order valence-electron chi connectivity index (χ3n) is 4.09. The number of anilines is 2. The molecule has 9 heteroatoms. The number of alkyl halides is 6. The summed E-state index contributed by atoms with van der Waals surface area (Å²) in [6.45, 7) is 0. The van der Waals surface area contributed by atoms with E-state index in [1.54, 1.807) is 0 Å². The molecule has 0 fully saturated rings. The first kappa shape index (κ1) is 21.6. The number of hydrogen-bond acceptors (Lipinski definition) is 3. The zero-order chi connectivity index (χ0) is 21.4. The van der Waals surface area contributed by atoms with Crippen LogP contribution in [0, 0.1) is 0 Å². The molecule has 0 spiro atoms. The summed E-state index contributed by atoms with van der Waals surface area (Å²) in [5.74, 6) is -0.924. The van der Waals surface area contributed by atoms with Gasteiger partial charge in [-0.1, -0.05) is 0 Å². The van der Waals surface area contributed by atoms with E-state index in [1.165, 1.54) is 50.1 Å². The summed E-state index contributed by atoms with van der Waals surface area (Å²) in [6.07, 6.45) is -9.44. The van der Waals surface area contributed by atoms with Gasteiger partial charge in [0.2, 0.25) is 0 Å². The summed E-state index contributed by atoms with van der Waals surface area (Å²) in [4.78, 5) is 15.1. The largest absolute Gasteiger partial charge is 0.418 e. The van der Waals surface area contributed by atoms with E-state index in [0.29, 0.717) is 12.1 Å². The van der Waals surface area contributed by atoms with Crippen LogP contribution < -0.4 is 9.80 Å². The Morgan fingerprint density at radius 1 is 0.679 bits per heavy atom. The molecule has 0 aromatic heterocycles. The predicted molar refractivity (Wildman–Crippen MR) is 95.0 cm³/mol. The third-order valence-corrected chi connectivity index (χ3v) is 4.09. The SMILES string of the molecule is CN(C)c1ccc(C(=O)c2ccc(N(C)C)c(C(F)(F)F)c2)cc1C(F)(F)F. The fourth-order valence-corrected chi connectivity index (χ4v) is 2.76. The summed E-state index contributed by atoms with van der Waals surface area (Å²) < 4.78 is 79.9. The summed E-state index contributed by atoms with van der Waals surface area (Å²) in [7, 11) is 5.67. The second-order valence-corrected chi connectivity index (χ2v) is 6.58. The molecule has 0 saturated carbocycles. The number of carbonyl (C=O) groups excluding carboxylic acids is 1. The third kappa shape index (κ3) is 4.40. The molecule has 2 aromatic carbocycles. The first-order valence-corrected chi connectivity index (χ1v) is 8.05. The smallest absolute Gasteiger partial charge is 0.377 e. The minimum Gasteiger partial charge on any atom is -0.377 e. The number of rotatable bonds is 4. The van der Waals surface area contributed by atoms with Crippen molar-refractivity contribution in [2.75, 3.05) is 38.0 Å². The Balaban J connectivity index is 2.58. The molecule has 28 heavy (non-hydrogen) atoms. The highest BCUT2D eigenvalue weighted by molar-refractivity contribution is 6.09. The lowest BCUT2D eigenvalue weighted by Crippen LogP contribution is -2.19. The average molecular weight is 404 g/mol. The maximum absolute atomic E-state index is 13.3. The van der Waals surface area contributed by atoms with Crippen molar-refractivity contribution in [2.45, 2.75) is 12.4 Å². The minimum absolute atomic E-state index is 0.150. The molecule has 2 aromatic rings. The lowest BCUT2D eigenvalue weighted by molar-refractivity contribution is -0.137. The van der Waals surface area contributed by atoms with Crippen LogP contribution >= 0.6 is 0 Å². The molecular weight excluding hydrogens is 386 g/mol. The van der Waals surface area contributed by atoms with Gasteiger partial charge < -0.3 is 9.80 Å². The predicted octanol–water partition coefficient (Wildman–Crippen LogP) is 5.09. The van der Waals surface area contributed by atoms with Crippen LogP contribution in [0.4, 0.5) is 37.7 Å². The van der Waals surface area contributed by atoms with Crippen molar-refractivity contribution in [1.29, 1.82) is 0 Å². The van der Waals surface area contributed by atoms with Crippen LogP contribution in [0.5, 0.6) is 0 Å². The second-order valence-electron chi connectivity index (χ2n) is 6.58. The summed E-state index contributed by atoms with van der Waals surface area (Å²) in [6, 6.07) is 5.89. The monoisotopic (exact) mass is 404 g/mol. The van der Waals surface area contributed by atoms with Crippen molar-refractivity contribution in [3.05, 3.63) is 58.7 Å². The second kappa shape index (κ2) is 7.37. The average Bonchev–Trinajstić information content (AvgIpc) is 2.58. The zero-order valence-electron chi connectivity index (χ0n) is 15.5. The molecule has 0 aliphatic carbocycles. The normalized spacial score (nSPS) is 12.1. The molecular formula is C19H18F6N2O. The Hall–Kier alpha value is -2.71. The van der Waals surface area contributed by atoms with E-state index < -0.39 is 29.3 Å². The highest BCUT2D eigenvalue weighted by atomic mass is 19.4. The number of ketones is 1. The Labute approximate surface area is 158 Å². The van der Waals surface area contributed by atoms with Crippen molar-refractivity contribution in [1.82, 2.24) is 0 Å². The molecule has 0 aliphatic rings. The topological polar surface area (TPSA) is 23.6 Å². The fraction of sp³-hybridized carbons (Fsp3) is 0.316. The van der Waals surface area contributed by atoms with Crippen LogP contribution in [-0.2, 0) is 12.4 Å². The van der Waals surface area contributed by atoms with E-state index in [9.17, 15) is 31.1 Å². The zero-order valence-corrected chi connectivity index (χ0v) is 15.5. The van der Waals surface area contributed by atoms with Gasteiger partial charge in [-0.05, 0) is 36.4 Å². The summed E-state index contributed by atoms with van der Waals surface area (Å²) in [5.41, 5.74) is -3.06. The van der Waals surface area contributed by atoms with E-state index in [-0.39, 0.29) is 22.5 Å². The molecule has 0 aliphatic heterocycles. The van der Waals surface area contributed by atoms with Gasteiger partial charge in [-0.3, -0.25) is 4.79 Å². The van der Waals surface area contributed by atoms with Crippen molar-refractivity contribution < 1.29 is 31.1 Å². The van der Waals surface area contributed by atoms with Gasteiger partial charge in [0.1, 0.15) is 0 Å². The van der Waals surface area contributed by atoms with Gasteiger partial charge in [-0.25, -0.2) is 0 Å². The van der Waals surface area contributed by atoms with E-state index in [1.807, 2.05) is 0 Å². The number of carbonyl (C=O) groups is 1. The number of benzene rings is 2. The lowest BCUT2D eigenvalue weighted by Gasteiger charge is -2.21. The van der Waals surface area contributed by atoms with Crippen LogP contribution in [-0.4, -0.2) is 34.0 Å². The van der Waals surface area contributed by atoms with Crippen LogP contribution in [0.25, 0.3) is 0 Å². The van der Waals surface area contributed by atoms with E-state index >= 15 is 0 Å². The maximum atomic E-state index is 13.3. The molecule has 0 N–H and O–H groups in total. The molecule has 0 atom stereocenters. The van der Waals surface area contributed by atoms with Crippen LogP contribution in [0.2, 0.25) is 0 Å². The molecule has 152 valence electrons. The van der Waals surface area contributed by atoms with Crippen molar-refractivity contribution in [3.8, 4) is 0 Å². The molecule has 0 radical (unpaired) electrons. The minimum atomic E-state index is -4.72. The van der Waals surface area contributed by atoms with Crippen LogP contribution in [0.1, 0.15) is 27.0 Å². The molecule has 0 saturated heterocycles. The van der Waals surface area contributed by atoms with Gasteiger partial charge in [0, 0.05) is 50.7 Å². The van der Waals surface area contributed by atoms with E-state index in [2.05, 4.69) is 0 Å². The Bertz CT molecular complexity index is 813. The van der Waals surface area contributed by atoms with Gasteiger partial charge in [-0.2, -0.15) is 26.3 Å². The van der Waals surface area contributed by atoms with Crippen LogP contribution in [0.3, 0.4) is 0 Å². The Kier molecular flexibility index (Phi) is 5.68. The number of hydrogen-bond donors (Lipinski definition) is 0. The quantitative estimate of drug-likeness (QED) is 0.524. The van der Waals surface area contributed by atoms with Crippen molar-refractivity contribution >= 4 is 17.2 Å². The van der Waals surface area contributed by atoms with Gasteiger partial charge in [0.15, 0.2) is 5.78 Å². The summed E-state index contributed by atoms with van der Waals surface area (Å²) >= 11 is 0. The number of nitrogens with zero attached hydrogens (tertiary/aromatic N) is 2. The summed E-state index contributed by atoms with van der Waals surface area (Å²) in [5, 5.41) is 0. The Morgan fingerprint density at radius 2 is 1.00 bits per heavy atom. The Morgan fingerprint density at radius 3 is 1.25 bits per heavy atom. The molecule has 3 nitrogen and oxygen atoms in total. The molecule has 2 rings (SSSR count). The highest BCUT2D eigenvalue weighted by Crippen LogP contribution is 2.39.